The first-order valence-electron chi connectivity index (χ1n) is 11.6. The summed E-state index contributed by atoms with van der Waals surface area (Å²) in [5.74, 6) is -1.29. The van der Waals surface area contributed by atoms with E-state index in [-0.39, 0.29) is 23.5 Å². The number of guanidine groups is 1. The first-order chi connectivity index (χ1) is 18.0. The monoisotopic (exact) mass is 528 g/mol. The van der Waals surface area contributed by atoms with Gasteiger partial charge in [0.25, 0.3) is 0 Å². The molecule has 0 spiro atoms. The zero-order chi connectivity index (χ0) is 28.0. The number of hydrogen-bond donors (Lipinski definition) is 3. The second kappa shape index (κ2) is 11.8. The van der Waals surface area contributed by atoms with Gasteiger partial charge in [0.05, 0.1) is 29.9 Å². The van der Waals surface area contributed by atoms with Crippen LogP contribution in [0.2, 0.25) is 0 Å². The molecule has 0 aliphatic carbocycles. The molecule has 3 rings (SSSR count). The Morgan fingerprint density at radius 1 is 1.16 bits per heavy atom. The number of alkyl halides is 3. The predicted octanol–water partition coefficient (Wildman–Crippen LogP) is 4.14. The van der Waals surface area contributed by atoms with Gasteiger partial charge in [0.2, 0.25) is 5.96 Å². The van der Waals surface area contributed by atoms with Crippen LogP contribution in [0, 0.1) is 16.7 Å². The predicted molar refractivity (Wildman–Crippen MR) is 134 cm³/mol. The van der Waals surface area contributed by atoms with Crippen LogP contribution in [0.5, 0.6) is 0 Å². The Hall–Kier alpha value is -4.37. The van der Waals surface area contributed by atoms with E-state index in [0.717, 1.165) is 29.0 Å². The molecule has 0 aromatic heterocycles. The minimum atomic E-state index is -4.65. The number of benzene rings is 2. The van der Waals surface area contributed by atoms with Crippen LogP contribution in [0.1, 0.15) is 36.1 Å². The number of allylic oxidation sites excluding steroid dienone is 1. The van der Waals surface area contributed by atoms with Crippen molar-refractivity contribution in [2.24, 2.45) is 0 Å². The Labute approximate surface area is 218 Å². The normalized spacial score (nSPS) is 15.8. The Bertz CT molecular complexity index is 1280. The number of hydrogen-bond acceptors (Lipinski definition) is 6. The molecule has 12 heteroatoms. The maximum Gasteiger partial charge on any atom is 0.416 e. The maximum absolute atomic E-state index is 13.5. The van der Waals surface area contributed by atoms with Crippen molar-refractivity contribution in [1.29, 1.82) is 10.7 Å². The van der Waals surface area contributed by atoms with E-state index >= 15 is 0 Å². The van der Waals surface area contributed by atoms with Gasteiger partial charge >= 0.3 is 18.2 Å². The van der Waals surface area contributed by atoms with Crippen molar-refractivity contribution in [3.05, 3.63) is 76.5 Å². The summed E-state index contributed by atoms with van der Waals surface area (Å²) >= 11 is 0. The van der Waals surface area contributed by atoms with E-state index in [2.05, 4.69) is 10.6 Å². The summed E-state index contributed by atoms with van der Waals surface area (Å²) in [5, 5.41) is 23.8. The van der Waals surface area contributed by atoms with Gasteiger partial charge in [0.1, 0.15) is 6.04 Å². The number of halogens is 3. The van der Waals surface area contributed by atoms with Crippen molar-refractivity contribution in [3.63, 3.8) is 0 Å². The molecule has 0 fully saturated rings. The molecule has 1 atom stereocenters. The van der Waals surface area contributed by atoms with Crippen LogP contribution in [0.4, 0.5) is 23.7 Å². The van der Waals surface area contributed by atoms with Crippen molar-refractivity contribution in [2.45, 2.75) is 25.6 Å². The molecule has 1 aliphatic rings. The fourth-order valence-electron chi connectivity index (χ4n) is 4.16. The summed E-state index contributed by atoms with van der Waals surface area (Å²) in [6.45, 7) is 2.32. The number of nitrogens with one attached hydrogen (secondary N) is 3. The SMILES string of the molecule is CNCCCNC(=O)N1C(=N)N(c2cccc(C(F)(F)F)c2)C(C)=C(C(=O)OC)C1c1ccc(C#N)cc1. The third-order valence-electron chi connectivity index (χ3n) is 5.99. The van der Waals surface area contributed by atoms with Crippen molar-refractivity contribution in [1.82, 2.24) is 15.5 Å². The number of carbonyl (C=O) groups excluding carboxylic acids is 2. The number of amides is 2. The second-order valence-electron chi connectivity index (χ2n) is 8.39. The van der Waals surface area contributed by atoms with E-state index in [1.54, 1.807) is 19.2 Å². The molecule has 0 bridgehead atoms. The number of ether oxygens (including phenoxy) is 1. The molecule has 2 aromatic carbocycles. The molecule has 1 heterocycles. The number of esters is 1. The molecule has 1 aliphatic heterocycles. The molecule has 0 saturated heterocycles. The largest absolute Gasteiger partial charge is 0.466 e. The number of nitrogens with zero attached hydrogens (tertiary/aromatic N) is 3. The van der Waals surface area contributed by atoms with Gasteiger partial charge in [0, 0.05) is 17.9 Å². The molecule has 9 nitrogen and oxygen atoms in total. The lowest BCUT2D eigenvalue weighted by Crippen LogP contribution is -2.56. The van der Waals surface area contributed by atoms with Crippen molar-refractivity contribution in [2.75, 3.05) is 32.1 Å². The highest BCUT2D eigenvalue weighted by molar-refractivity contribution is 6.10. The summed E-state index contributed by atoms with van der Waals surface area (Å²) in [6, 6.07) is 10.5. The van der Waals surface area contributed by atoms with E-state index < -0.39 is 35.7 Å². The Balaban J connectivity index is 2.22. The lowest BCUT2D eigenvalue weighted by Gasteiger charge is -2.43. The average molecular weight is 529 g/mol. The molecular formula is C26H27F3N6O3. The molecule has 0 saturated carbocycles. The van der Waals surface area contributed by atoms with E-state index in [1.807, 2.05) is 6.07 Å². The van der Waals surface area contributed by atoms with Crippen LogP contribution >= 0.6 is 0 Å². The van der Waals surface area contributed by atoms with Crippen LogP contribution < -0.4 is 15.5 Å². The number of rotatable bonds is 7. The average Bonchev–Trinajstić information content (AvgIpc) is 2.90. The fourth-order valence-corrected chi connectivity index (χ4v) is 4.16. The van der Waals surface area contributed by atoms with Crippen molar-refractivity contribution in [3.8, 4) is 6.07 Å². The van der Waals surface area contributed by atoms with Gasteiger partial charge in [-0.25, -0.2) is 9.59 Å². The third kappa shape index (κ3) is 5.78. The van der Waals surface area contributed by atoms with Gasteiger partial charge in [-0.15, -0.1) is 0 Å². The quantitative estimate of drug-likeness (QED) is 0.367. The molecule has 0 radical (unpaired) electrons. The third-order valence-corrected chi connectivity index (χ3v) is 5.99. The smallest absolute Gasteiger partial charge is 0.416 e. The standard InChI is InChI=1S/C26H27F3N6O3/c1-16-21(23(36)38-3)22(18-10-8-17(15-30)9-11-18)35(25(37)33-13-5-12-32-2)24(31)34(16)20-7-4-6-19(14-20)26(27,28)29/h4,6-11,14,22,31-32H,5,12-13H2,1-3H3,(H,33,37). The molecule has 3 N–H and O–H groups in total. The first kappa shape index (κ1) is 28.2. The van der Waals surface area contributed by atoms with Gasteiger partial charge in [-0.2, -0.15) is 18.4 Å². The molecule has 38 heavy (non-hydrogen) atoms. The zero-order valence-electron chi connectivity index (χ0n) is 21.0. The van der Waals surface area contributed by atoms with Crippen molar-refractivity contribution < 1.29 is 27.5 Å². The highest BCUT2D eigenvalue weighted by Gasteiger charge is 2.44. The van der Waals surface area contributed by atoms with E-state index in [0.29, 0.717) is 24.1 Å². The molecule has 200 valence electrons. The maximum atomic E-state index is 13.5. The Kier molecular flexibility index (Phi) is 8.75. The number of urea groups is 1. The second-order valence-corrected chi connectivity index (χ2v) is 8.39. The summed E-state index contributed by atoms with van der Waals surface area (Å²) in [4.78, 5) is 28.7. The number of carbonyl (C=O) groups is 2. The highest BCUT2D eigenvalue weighted by Crippen LogP contribution is 2.41. The highest BCUT2D eigenvalue weighted by atomic mass is 19.4. The summed E-state index contributed by atoms with van der Waals surface area (Å²) in [7, 11) is 2.90. The van der Waals surface area contributed by atoms with Crippen molar-refractivity contribution >= 4 is 23.6 Å². The lowest BCUT2D eigenvalue weighted by molar-refractivity contribution is -0.138. The van der Waals surface area contributed by atoms with Crippen LogP contribution in [0.25, 0.3) is 0 Å². The zero-order valence-corrected chi connectivity index (χ0v) is 21.0. The number of anilines is 1. The van der Waals surface area contributed by atoms with E-state index in [1.165, 1.54) is 31.2 Å². The molecule has 2 amide bonds. The molecule has 2 aromatic rings. The van der Waals surface area contributed by atoms with Crippen LogP contribution in [-0.2, 0) is 15.7 Å². The molecule has 1 unspecified atom stereocenters. The topological polar surface area (TPSA) is 122 Å². The van der Waals surface area contributed by atoms with Gasteiger partial charge in [-0.1, -0.05) is 18.2 Å². The summed E-state index contributed by atoms with van der Waals surface area (Å²) in [6.07, 6.45) is -4.08. The number of nitriles is 1. The summed E-state index contributed by atoms with van der Waals surface area (Å²) in [5.41, 5.74) is -0.190. The van der Waals surface area contributed by atoms with Crippen LogP contribution in [0.15, 0.2) is 59.8 Å². The molecular weight excluding hydrogens is 501 g/mol. The van der Waals surface area contributed by atoms with Gasteiger partial charge in [-0.05, 0) is 62.8 Å². The van der Waals surface area contributed by atoms with E-state index in [4.69, 9.17) is 10.1 Å². The minimum absolute atomic E-state index is 0.0454. The van der Waals surface area contributed by atoms with Crippen LogP contribution in [-0.4, -0.2) is 50.1 Å². The summed E-state index contributed by atoms with van der Waals surface area (Å²) < 4.78 is 45.4. The lowest BCUT2D eigenvalue weighted by atomic mass is 9.92. The Morgan fingerprint density at radius 2 is 1.84 bits per heavy atom. The fraction of sp³-hybridized carbons (Fsp3) is 0.308. The van der Waals surface area contributed by atoms with E-state index in [9.17, 15) is 28.0 Å². The van der Waals surface area contributed by atoms with Gasteiger partial charge in [0.15, 0.2) is 0 Å². The first-order valence-corrected chi connectivity index (χ1v) is 11.6. The number of methoxy groups -OCH3 is 1. The van der Waals surface area contributed by atoms with Gasteiger partial charge < -0.3 is 15.4 Å². The Morgan fingerprint density at radius 3 is 2.42 bits per heavy atom. The van der Waals surface area contributed by atoms with Gasteiger partial charge in [-0.3, -0.25) is 15.2 Å². The minimum Gasteiger partial charge on any atom is -0.466 e. The van der Waals surface area contributed by atoms with Crippen LogP contribution in [0.3, 0.4) is 0 Å².